The van der Waals surface area contributed by atoms with Crippen molar-refractivity contribution in [3.8, 4) is 11.1 Å². The number of nitrogens with one attached hydrogen (secondary N) is 3. The van der Waals surface area contributed by atoms with Crippen molar-refractivity contribution in [2.45, 2.75) is 63.1 Å². The lowest BCUT2D eigenvalue weighted by atomic mass is 10.1. The quantitative estimate of drug-likeness (QED) is 0.311. The Kier molecular flexibility index (Phi) is 10.5. The Morgan fingerprint density at radius 1 is 1.00 bits per heavy atom. The van der Waals surface area contributed by atoms with Crippen molar-refractivity contribution in [3.05, 3.63) is 53.6 Å². The molecule has 37 heavy (non-hydrogen) atoms. The van der Waals surface area contributed by atoms with E-state index >= 15 is 0 Å². The molecule has 2 aromatic rings. The summed E-state index contributed by atoms with van der Waals surface area (Å²) in [5, 5.41) is 15.1. The number of benzene rings is 2. The smallest absolute Gasteiger partial charge is 0.408 e. The molecule has 2 atom stereocenters. The largest absolute Gasteiger partial charge is 0.480 e. The van der Waals surface area contributed by atoms with Gasteiger partial charge in [-0.3, -0.25) is 9.59 Å². The van der Waals surface area contributed by atoms with Gasteiger partial charge in [0.25, 0.3) is 0 Å². The lowest BCUT2D eigenvalue weighted by molar-refractivity contribution is -0.139. The van der Waals surface area contributed by atoms with Crippen LogP contribution in [-0.2, 0) is 24.3 Å². The van der Waals surface area contributed by atoms with Crippen molar-refractivity contribution < 1.29 is 32.6 Å². The van der Waals surface area contributed by atoms with Crippen molar-refractivity contribution in [2.75, 3.05) is 6.54 Å². The molecular weight excluding hydrogens is 522 g/mol. The molecular formula is C25H32ClN3O7S. The number of hydrogen-bond acceptors (Lipinski definition) is 6. The van der Waals surface area contributed by atoms with Gasteiger partial charge in [-0.2, -0.15) is 4.72 Å². The number of carbonyl (C=O) groups is 3. The minimum atomic E-state index is -4.11. The van der Waals surface area contributed by atoms with Crippen LogP contribution >= 0.6 is 11.6 Å². The Hall–Kier alpha value is -3.15. The topological polar surface area (TPSA) is 151 Å². The number of rotatable bonds is 11. The molecule has 2 aromatic carbocycles. The normalized spacial score (nSPS) is 13.3. The highest BCUT2D eigenvalue weighted by atomic mass is 35.5. The lowest BCUT2D eigenvalue weighted by Gasteiger charge is -2.21. The third-order valence-electron chi connectivity index (χ3n) is 5.03. The highest BCUT2D eigenvalue weighted by molar-refractivity contribution is 7.89. The highest BCUT2D eigenvalue weighted by Crippen LogP contribution is 2.23. The van der Waals surface area contributed by atoms with E-state index in [4.69, 9.17) is 16.3 Å². The average Bonchev–Trinajstić information content (AvgIpc) is 2.80. The van der Waals surface area contributed by atoms with E-state index in [2.05, 4.69) is 15.4 Å². The van der Waals surface area contributed by atoms with Gasteiger partial charge in [0.2, 0.25) is 15.9 Å². The third kappa shape index (κ3) is 10.0. The molecule has 202 valence electrons. The molecule has 12 heteroatoms. The summed E-state index contributed by atoms with van der Waals surface area (Å²) in [5.41, 5.74) is 0.914. The number of aliphatic carboxylic acids is 1. The maximum Gasteiger partial charge on any atom is 0.408 e. The summed E-state index contributed by atoms with van der Waals surface area (Å²) in [4.78, 5) is 35.5. The monoisotopic (exact) mass is 553 g/mol. The van der Waals surface area contributed by atoms with Crippen LogP contribution in [0.5, 0.6) is 0 Å². The van der Waals surface area contributed by atoms with E-state index in [1.807, 2.05) is 0 Å². The first-order valence-corrected chi connectivity index (χ1v) is 13.4. The molecule has 0 aliphatic heterocycles. The molecule has 2 amide bonds. The molecule has 0 bridgehead atoms. The summed E-state index contributed by atoms with van der Waals surface area (Å²) < 4.78 is 32.8. The fourth-order valence-electron chi connectivity index (χ4n) is 3.18. The number of carboxylic acid groups (broad SMARTS) is 1. The van der Waals surface area contributed by atoms with E-state index in [9.17, 15) is 27.9 Å². The fourth-order valence-corrected chi connectivity index (χ4v) is 4.53. The zero-order valence-corrected chi connectivity index (χ0v) is 22.7. The van der Waals surface area contributed by atoms with Gasteiger partial charge in [0.1, 0.15) is 17.7 Å². The minimum Gasteiger partial charge on any atom is -0.480 e. The summed E-state index contributed by atoms with van der Waals surface area (Å²) in [5.74, 6) is -1.83. The van der Waals surface area contributed by atoms with Crippen molar-refractivity contribution in [2.24, 2.45) is 0 Å². The van der Waals surface area contributed by atoms with Crippen molar-refractivity contribution in [3.63, 3.8) is 0 Å². The Morgan fingerprint density at radius 2 is 1.54 bits per heavy atom. The predicted molar refractivity (Wildman–Crippen MR) is 140 cm³/mol. The van der Waals surface area contributed by atoms with E-state index in [0.29, 0.717) is 5.02 Å². The number of sulfonamides is 1. The van der Waals surface area contributed by atoms with Crippen molar-refractivity contribution >= 4 is 39.6 Å². The SMILES string of the molecule is C[C@H](NC(=O)OC(C)(C)C)C(=O)NCCC[C@H](NS(=O)(=O)c1ccc(-c2ccc(Cl)cc2)cc1)C(=O)O. The van der Waals surface area contributed by atoms with E-state index in [1.165, 1.54) is 19.1 Å². The number of hydrogen-bond donors (Lipinski definition) is 4. The second-order valence-electron chi connectivity index (χ2n) is 9.34. The van der Waals surface area contributed by atoms with Gasteiger partial charge < -0.3 is 20.5 Å². The first kappa shape index (κ1) is 30.1. The molecule has 0 spiro atoms. The van der Waals surface area contributed by atoms with Gasteiger partial charge in [0.15, 0.2) is 0 Å². The second-order valence-corrected chi connectivity index (χ2v) is 11.5. The first-order valence-electron chi connectivity index (χ1n) is 11.6. The molecule has 0 unspecified atom stereocenters. The minimum absolute atomic E-state index is 0.0639. The van der Waals surface area contributed by atoms with Crippen molar-refractivity contribution in [1.29, 1.82) is 0 Å². The van der Waals surface area contributed by atoms with Crippen LogP contribution in [0.1, 0.15) is 40.5 Å². The Balaban J connectivity index is 1.89. The molecule has 0 saturated carbocycles. The predicted octanol–water partition coefficient (Wildman–Crippen LogP) is 3.55. The standard InChI is InChI=1S/C25H32ClN3O7S/c1-16(28-24(33)36-25(2,3)4)22(30)27-15-5-6-21(23(31)32)29-37(34,35)20-13-9-18(10-14-20)17-7-11-19(26)12-8-17/h7-14,16,21,29H,5-6,15H2,1-4H3,(H,27,30)(H,28,33)(H,31,32)/t16-,21-/m0/s1. The van der Waals surface area contributed by atoms with Gasteiger partial charge in [-0.1, -0.05) is 35.9 Å². The fraction of sp³-hybridized carbons (Fsp3) is 0.400. The van der Waals surface area contributed by atoms with E-state index < -0.39 is 45.7 Å². The molecule has 0 aliphatic rings. The molecule has 0 heterocycles. The Morgan fingerprint density at radius 3 is 2.05 bits per heavy atom. The summed E-state index contributed by atoms with van der Waals surface area (Å²) in [6, 6.07) is 10.8. The van der Waals surface area contributed by atoms with E-state index in [-0.39, 0.29) is 24.3 Å². The Labute approximate surface area is 221 Å². The molecule has 0 saturated heterocycles. The first-order chi connectivity index (χ1) is 17.2. The number of alkyl carbamates (subject to hydrolysis) is 1. The summed E-state index contributed by atoms with van der Waals surface area (Å²) in [6.45, 7) is 6.65. The van der Waals surface area contributed by atoms with Gasteiger partial charge in [0, 0.05) is 11.6 Å². The third-order valence-corrected chi connectivity index (χ3v) is 6.77. The number of ether oxygens (including phenoxy) is 1. The summed E-state index contributed by atoms with van der Waals surface area (Å²) in [6.07, 6.45) is -0.623. The van der Waals surface area contributed by atoms with Gasteiger partial charge in [-0.05, 0) is 75.9 Å². The van der Waals surface area contributed by atoms with Gasteiger partial charge >= 0.3 is 12.1 Å². The molecule has 0 aliphatic carbocycles. The molecule has 10 nitrogen and oxygen atoms in total. The number of halogens is 1. The molecule has 0 aromatic heterocycles. The van der Waals surface area contributed by atoms with Crippen LogP contribution < -0.4 is 15.4 Å². The highest BCUT2D eigenvalue weighted by Gasteiger charge is 2.26. The zero-order chi connectivity index (χ0) is 27.8. The molecule has 0 radical (unpaired) electrons. The second kappa shape index (κ2) is 12.9. The molecule has 4 N–H and O–H groups in total. The van der Waals surface area contributed by atoms with Crippen LogP contribution in [0.4, 0.5) is 4.79 Å². The van der Waals surface area contributed by atoms with Crippen LogP contribution in [0.3, 0.4) is 0 Å². The Bertz CT molecular complexity index is 1190. The van der Waals surface area contributed by atoms with Crippen LogP contribution in [0, 0.1) is 0 Å². The maximum atomic E-state index is 12.8. The van der Waals surface area contributed by atoms with Crippen LogP contribution in [-0.4, -0.2) is 55.7 Å². The van der Waals surface area contributed by atoms with E-state index in [1.54, 1.807) is 57.2 Å². The summed E-state index contributed by atoms with van der Waals surface area (Å²) >= 11 is 5.89. The van der Waals surface area contributed by atoms with Crippen LogP contribution in [0.25, 0.3) is 11.1 Å². The van der Waals surface area contributed by atoms with Gasteiger partial charge in [-0.15, -0.1) is 0 Å². The maximum absolute atomic E-state index is 12.8. The zero-order valence-electron chi connectivity index (χ0n) is 21.1. The molecule has 2 rings (SSSR count). The van der Waals surface area contributed by atoms with Gasteiger partial charge in [0.05, 0.1) is 4.90 Å². The van der Waals surface area contributed by atoms with Crippen LogP contribution in [0.2, 0.25) is 5.02 Å². The lowest BCUT2D eigenvalue weighted by Crippen LogP contribution is -2.47. The number of carbonyl (C=O) groups excluding carboxylic acids is 2. The van der Waals surface area contributed by atoms with Crippen molar-refractivity contribution in [1.82, 2.24) is 15.4 Å². The van der Waals surface area contributed by atoms with Gasteiger partial charge in [-0.25, -0.2) is 13.2 Å². The number of carboxylic acids is 1. The summed E-state index contributed by atoms with van der Waals surface area (Å²) in [7, 11) is -4.11. The van der Waals surface area contributed by atoms with E-state index in [0.717, 1.165) is 11.1 Å². The number of amides is 2. The average molecular weight is 554 g/mol. The molecule has 0 fully saturated rings. The van der Waals surface area contributed by atoms with Crippen LogP contribution in [0.15, 0.2) is 53.4 Å².